The Morgan fingerprint density at radius 1 is 1.25 bits per heavy atom. The monoisotopic (exact) mass is 274 g/mol. The maximum absolute atomic E-state index is 10.8. The highest BCUT2D eigenvalue weighted by molar-refractivity contribution is 5.87. The second kappa shape index (κ2) is 6.27. The molecule has 0 aliphatic heterocycles. The van der Waals surface area contributed by atoms with Crippen LogP contribution in [0.15, 0.2) is 24.3 Å². The van der Waals surface area contributed by atoms with Crippen LogP contribution in [0.3, 0.4) is 0 Å². The summed E-state index contributed by atoms with van der Waals surface area (Å²) in [6, 6.07) is 6.78. The number of tetrazole rings is 1. The molecule has 1 aromatic carbocycles. The predicted octanol–water partition coefficient (Wildman–Crippen LogP) is 2.32. The van der Waals surface area contributed by atoms with Gasteiger partial charge in [0.05, 0.1) is 12.1 Å². The zero-order valence-corrected chi connectivity index (χ0v) is 11.7. The normalized spacial score (nSPS) is 10.9. The number of nitrogens with zero attached hydrogens (tertiary/aromatic N) is 4. The summed E-state index contributed by atoms with van der Waals surface area (Å²) in [6.45, 7) is 4.79. The van der Waals surface area contributed by atoms with E-state index in [4.69, 9.17) is 5.11 Å². The maximum Gasteiger partial charge on any atom is 0.335 e. The molecule has 0 saturated carbocycles. The summed E-state index contributed by atoms with van der Waals surface area (Å²) in [7, 11) is 0. The van der Waals surface area contributed by atoms with Gasteiger partial charge in [0.2, 0.25) is 0 Å². The highest BCUT2D eigenvalue weighted by Crippen LogP contribution is 2.20. The van der Waals surface area contributed by atoms with E-state index in [0.717, 1.165) is 24.2 Å². The molecule has 0 unspecified atom stereocenters. The largest absolute Gasteiger partial charge is 0.478 e. The Balaban J connectivity index is 2.18. The number of aromatic carboxylic acids is 1. The van der Waals surface area contributed by atoms with Crippen LogP contribution in [0.2, 0.25) is 0 Å². The van der Waals surface area contributed by atoms with Crippen molar-refractivity contribution in [2.75, 3.05) is 0 Å². The summed E-state index contributed by atoms with van der Waals surface area (Å²) < 4.78 is 1.79. The van der Waals surface area contributed by atoms with Gasteiger partial charge in [0, 0.05) is 5.92 Å². The van der Waals surface area contributed by atoms with Crippen molar-refractivity contribution in [2.24, 2.45) is 0 Å². The fourth-order valence-electron chi connectivity index (χ4n) is 2.20. The Bertz CT molecular complexity index is 573. The summed E-state index contributed by atoms with van der Waals surface area (Å²) in [6.07, 6.45) is 1.99. The molecule has 6 nitrogen and oxygen atoms in total. The van der Waals surface area contributed by atoms with Crippen LogP contribution in [0.25, 0.3) is 0 Å². The molecule has 6 heteroatoms. The Kier molecular flexibility index (Phi) is 4.45. The minimum Gasteiger partial charge on any atom is -0.478 e. The Morgan fingerprint density at radius 3 is 2.45 bits per heavy atom. The van der Waals surface area contributed by atoms with Crippen molar-refractivity contribution in [1.82, 2.24) is 20.2 Å². The van der Waals surface area contributed by atoms with E-state index in [1.54, 1.807) is 28.9 Å². The molecule has 0 aliphatic rings. The molecule has 20 heavy (non-hydrogen) atoms. The lowest BCUT2D eigenvalue weighted by Crippen LogP contribution is -2.11. The molecule has 2 rings (SSSR count). The van der Waals surface area contributed by atoms with Crippen molar-refractivity contribution in [1.29, 1.82) is 0 Å². The topological polar surface area (TPSA) is 80.9 Å². The van der Waals surface area contributed by atoms with Crippen LogP contribution in [0, 0.1) is 0 Å². The first kappa shape index (κ1) is 14.2. The maximum atomic E-state index is 10.8. The van der Waals surface area contributed by atoms with E-state index in [2.05, 4.69) is 29.4 Å². The van der Waals surface area contributed by atoms with Gasteiger partial charge in [-0.25, -0.2) is 9.48 Å². The molecule has 0 amide bonds. The SMILES string of the molecule is CCC(CC)c1nnnn1Cc1ccc(C(=O)O)cc1. The van der Waals surface area contributed by atoms with Gasteiger partial charge in [0.1, 0.15) is 0 Å². The molecule has 0 aliphatic carbocycles. The fraction of sp³-hybridized carbons (Fsp3) is 0.429. The third-order valence-electron chi connectivity index (χ3n) is 3.44. The fourth-order valence-corrected chi connectivity index (χ4v) is 2.20. The lowest BCUT2D eigenvalue weighted by molar-refractivity contribution is 0.0697. The molecule has 1 heterocycles. The molecule has 106 valence electrons. The van der Waals surface area contributed by atoms with Gasteiger partial charge in [0.25, 0.3) is 0 Å². The van der Waals surface area contributed by atoms with E-state index in [9.17, 15) is 4.79 Å². The van der Waals surface area contributed by atoms with Crippen LogP contribution in [0.5, 0.6) is 0 Å². The van der Waals surface area contributed by atoms with Crippen LogP contribution in [-0.4, -0.2) is 31.3 Å². The van der Waals surface area contributed by atoms with Crippen LogP contribution < -0.4 is 0 Å². The average molecular weight is 274 g/mol. The summed E-state index contributed by atoms with van der Waals surface area (Å²) >= 11 is 0. The third-order valence-corrected chi connectivity index (χ3v) is 3.44. The second-order valence-electron chi connectivity index (χ2n) is 4.71. The standard InChI is InChI=1S/C14H18N4O2/c1-3-11(4-2)13-15-16-17-18(13)9-10-5-7-12(8-6-10)14(19)20/h5-8,11H,3-4,9H2,1-2H3,(H,19,20). The number of hydrogen-bond donors (Lipinski definition) is 1. The minimum absolute atomic E-state index is 0.283. The number of hydrogen-bond acceptors (Lipinski definition) is 4. The van der Waals surface area contributed by atoms with Crippen molar-refractivity contribution in [2.45, 2.75) is 39.2 Å². The van der Waals surface area contributed by atoms with Crippen molar-refractivity contribution in [3.8, 4) is 0 Å². The molecular weight excluding hydrogens is 256 g/mol. The van der Waals surface area contributed by atoms with E-state index in [1.165, 1.54) is 0 Å². The highest BCUT2D eigenvalue weighted by atomic mass is 16.4. The van der Waals surface area contributed by atoms with Gasteiger partial charge in [-0.2, -0.15) is 0 Å². The van der Waals surface area contributed by atoms with Gasteiger partial charge in [-0.05, 0) is 41.0 Å². The van der Waals surface area contributed by atoms with Crippen molar-refractivity contribution in [3.05, 3.63) is 41.2 Å². The lowest BCUT2D eigenvalue weighted by Gasteiger charge is -2.12. The van der Waals surface area contributed by atoms with Crippen LogP contribution in [0.4, 0.5) is 0 Å². The molecule has 1 aromatic heterocycles. The molecular formula is C14H18N4O2. The molecule has 0 fully saturated rings. The van der Waals surface area contributed by atoms with Gasteiger partial charge in [-0.15, -0.1) is 5.10 Å². The Hall–Kier alpha value is -2.24. The first-order chi connectivity index (χ1) is 9.65. The minimum atomic E-state index is -0.920. The molecule has 0 bridgehead atoms. The van der Waals surface area contributed by atoms with Gasteiger partial charge in [-0.1, -0.05) is 26.0 Å². The van der Waals surface area contributed by atoms with Gasteiger partial charge in [-0.3, -0.25) is 0 Å². The summed E-state index contributed by atoms with van der Waals surface area (Å²) in [4.78, 5) is 10.8. The quantitative estimate of drug-likeness (QED) is 0.874. The summed E-state index contributed by atoms with van der Waals surface area (Å²) in [5.41, 5.74) is 1.26. The van der Waals surface area contributed by atoms with Crippen molar-refractivity contribution in [3.63, 3.8) is 0 Å². The van der Waals surface area contributed by atoms with E-state index >= 15 is 0 Å². The summed E-state index contributed by atoms with van der Waals surface area (Å²) in [5.74, 6) is 0.317. The summed E-state index contributed by atoms with van der Waals surface area (Å²) in [5, 5.41) is 20.8. The zero-order valence-electron chi connectivity index (χ0n) is 11.7. The first-order valence-electron chi connectivity index (χ1n) is 6.74. The Morgan fingerprint density at radius 2 is 1.90 bits per heavy atom. The number of rotatable bonds is 6. The van der Waals surface area contributed by atoms with Crippen LogP contribution in [-0.2, 0) is 6.54 Å². The van der Waals surface area contributed by atoms with E-state index in [-0.39, 0.29) is 5.56 Å². The number of carboxylic acids is 1. The van der Waals surface area contributed by atoms with E-state index in [1.807, 2.05) is 0 Å². The predicted molar refractivity (Wildman–Crippen MR) is 73.6 cm³/mol. The van der Waals surface area contributed by atoms with Crippen molar-refractivity contribution < 1.29 is 9.90 Å². The zero-order chi connectivity index (χ0) is 14.5. The van der Waals surface area contributed by atoms with Gasteiger partial charge >= 0.3 is 5.97 Å². The first-order valence-corrected chi connectivity index (χ1v) is 6.74. The molecule has 0 radical (unpaired) electrons. The van der Waals surface area contributed by atoms with Crippen LogP contribution in [0.1, 0.15) is 54.4 Å². The third kappa shape index (κ3) is 3.01. The number of carboxylic acid groups (broad SMARTS) is 1. The van der Waals surface area contributed by atoms with E-state index in [0.29, 0.717) is 12.5 Å². The molecule has 1 N–H and O–H groups in total. The molecule has 0 atom stereocenters. The lowest BCUT2D eigenvalue weighted by atomic mass is 10.0. The highest BCUT2D eigenvalue weighted by Gasteiger charge is 2.15. The number of carbonyl (C=O) groups is 1. The smallest absolute Gasteiger partial charge is 0.335 e. The molecule has 0 spiro atoms. The molecule has 2 aromatic rings. The van der Waals surface area contributed by atoms with Crippen LogP contribution >= 0.6 is 0 Å². The Labute approximate surface area is 117 Å². The van der Waals surface area contributed by atoms with E-state index < -0.39 is 5.97 Å². The van der Waals surface area contributed by atoms with Crippen molar-refractivity contribution >= 4 is 5.97 Å². The number of benzene rings is 1. The average Bonchev–Trinajstić information content (AvgIpc) is 2.89. The van der Waals surface area contributed by atoms with Gasteiger partial charge in [0.15, 0.2) is 5.82 Å². The van der Waals surface area contributed by atoms with Gasteiger partial charge < -0.3 is 5.11 Å². The second-order valence-corrected chi connectivity index (χ2v) is 4.71. The molecule has 0 saturated heterocycles. The number of aromatic nitrogens is 4.